The van der Waals surface area contributed by atoms with Crippen molar-refractivity contribution in [1.82, 2.24) is 15.2 Å². The molecule has 1 aromatic carbocycles. The maximum Gasteiger partial charge on any atom is 0.263 e. The second kappa shape index (κ2) is 10.1. The molecule has 2 fully saturated rings. The van der Waals surface area contributed by atoms with E-state index in [2.05, 4.69) is 16.0 Å². The molecule has 1 aromatic heterocycles. The first-order chi connectivity index (χ1) is 15.5. The van der Waals surface area contributed by atoms with Gasteiger partial charge in [0.2, 0.25) is 0 Å². The van der Waals surface area contributed by atoms with Crippen LogP contribution in [-0.2, 0) is 0 Å². The van der Waals surface area contributed by atoms with E-state index in [9.17, 15) is 14.4 Å². The number of nitrogens with one attached hydrogen (secondary N) is 3. The maximum atomic E-state index is 13.1. The first-order valence-electron chi connectivity index (χ1n) is 11.7. The molecule has 1 saturated carbocycles. The smallest absolute Gasteiger partial charge is 0.263 e. The van der Waals surface area contributed by atoms with Gasteiger partial charge in [-0.1, -0.05) is 19.3 Å². The number of hydrogen-bond donors (Lipinski definition) is 3. The van der Waals surface area contributed by atoms with Gasteiger partial charge in [-0.05, 0) is 81.6 Å². The summed E-state index contributed by atoms with van der Waals surface area (Å²) >= 11 is 0. The van der Waals surface area contributed by atoms with E-state index in [1.165, 1.54) is 6.42 Å². The Labute approximate surface area is 188 Å². The van der Waals surface area contributed by atoms with Gasteiger partial charge in [0, 0.05) is 29.5 Å². The van der Waals surface area contributed by atoms with Crippen LogP contribution in [0, 0.1) is 6.92 Å². The van der Waals surface area contributed by atoms with E-state index in [4.69, 9.17) is 0 Å². The lowest BCUT2D eigenvalue weighted by Gasteiger charge is -2.25. The standard InChI is InChI=1S/C25H32N4O3/c1-17-13-16-29(21-11-14-26-15-12-21)25(32)22(17)24(31)28-20-9-7-18(8-10-20)23(30)27-19-5-3-2-4-6-19/h7-10,13,16,19,21,26H,2-6,11-12,14-15H2,1H3,(H,27,30)(H,28,31). The largest absolute Gasteiger partial charge is 0.349 e. The molecule has 7 nitrogen and oxygen atoms in total. The van der Waals surface area contributed by atoms with E-state index >= 15 is 0 Å². The average molecular weight is 437 g/mol. The fourth-order valence-corrected chi connectivity index (χ4v) is 4.70. The monoisotopic (exact) mass is 436 g/mol. The molecule has 0 radical (unpaired) electrons. The fraction of sp³-hybridized carbons (Fsp3) is 0.480. The maximum absolute atomic E-state index is 13.1. The quantitative estimate of drug-likeness (QED) is 0.670. The van der Waals surface area contributed by atoms with Crippen molar-refractivity contribution < 1.29 is 9.59 Å². The fourth-order valence-electron chi connectivity index (χ4n) is 4.70. The van der Waals surface area contributed by atoms with Crippen LogP contribution in [0.4, 0.5) is 5.69 Å². The van der Waals surface area contributed by atoms with Crippen LogP contribution in [0.3, 0.4) is 0 Å². The number of carbonyl (C=O) groups excluding carboxylic acids is 2. The first kappa shape index (κ1) is 22.3. The van der Waals surface area contributed by atoms with Crippen molar-refractivity contribution in [2.75, 3.05) is 18.4 Å². The molecule has 2 amide bonds. The van der Waals surface area contributed by atoms with Gasteiger partial charge in [-0.3, -0.25) is 14.4 Å². The number of nitrogens with zero attached hydrogens (tertiary/aromatic N) is 1. The number of amides is 2. The zero-order valence-corrected chi connectivity index (χ0v) is 18.7. The zero-order chi connectivity index (χ0) is 22.5. The Morgan fingerprint density at radius 2 is 1.62 bits per heavy atom. The number of rotatable bonds is 5. The third-order valence-corrected chi connectivity index (χ3v) is 6.60. The van der Waals surface area contributed by atoms with Crippen LogP contribution in [0.5, 0.6) is 0 Å². The number of piperidine rings is 1. The van der Waals surface area contributed by atoms with Crippen molar-refractivity contribution in [2.45, 2.75) is 64.0 Å². The van der Waals surface area contributed by atoms with E-state index in [1.54, 1.807) is 42.0 Å². The Morgan fingerprint density at radius 1 is 0.938 bits per heavy atom. The van der Waals surface area contributed by atoms with Crippen LogP contribution < -0.4 is 21.5 Å². The number of benzene rings is 1. The summed E-state index contributed by atoms with van der Waals surface area (Å²) in [5, 5.41) is 9.22. The van der Waals surface area contributed by atoms with Gasteiger partial charge < -0.3 is 20.5 Å². The summed E-state index contributed by atoms with van der Waals surface area (Å²) in [6.07, 6.45) is 9.16. The van der Waals surface area contributed by atoms with E-state index in [-0.39, 0.29) is 29.1 Å². The van der Waals surface area contributed by atoms with Crippen molar-refractivity contribution in [2.24, 2.45) is 0 Å². The van der Waals surface area contributed by atoms with Gasteiger partial charge in [0.15, 0.2) is 0 Å². The van der Waals surface area contributed by atoms with Gasteiger partial charge in [-0.15, -0.1) is 0 Å². The van der Waals surface area contributed by atoms with E-state index in [1.807, 2.05) is 6.07 Å². The molecule has 1 aliphatic heterocycles. The van der Waals surface area contributed by atoms with Crippen LogP contribution in [0.25, 0.3) is 0 Å². The second-order valence-electron chi connectivity index (χ2n) is 8.91. The van der Waals surface area contributed by atoms with E-state index in [0.717, 1.165) is 51.6 Å². The zero-order valence-electron chi connectivity index (χ0n) is 18.7. The number of pyridine rings is 1. The Morgan fingerprint density at radius 3 is 2.31 bits per heavy atom. The van der Waals surface area contributed by atoms with Gasteiger partial charge in [-0.2, -0.15) is 0 Å². The lowest BCUT2D eigenvalue weighted by molar-refractivity contribution is 0.0927. The Hall–Kier alpha value is -2.93. The Kier molecular flexibility index (Phi) is 7.05. The number of anilines is 1. The van der Waals surface area contributed by atoms with Crippen molar-refractivity contribution in [1.29, 1.82) is 0 Å². The van der Waals surface area contributed by atoms with E-state index < -0.39 is 5.91 Å². The molecule has 0 spiro atoms. The first-order valence-corrected chi connectivity index (χ1v) is 11.7. The lowest BCUT2D eigenvalue weighted by Crippen LogP contribution is -2.37. The van der Waals surface area contributed by atoms with Crippen molar-refractivity contribution in [3.63, 3.8) is 0 Å². The molecular formula is C25H32N4O3. The minimum absolute atomic E-state index is 0.0847. The number of hydrogen-bond acceptors (Lipinski definition) is 4. The van der Waals surface area contributed by atoms with Crippen LogP contribution in [0.15, 0.2) is 41.3 Å². The van der Waals surface area contributed by atoms with Gasteiger partial charge in [-0.25, -0.2) is 0 Å². The summed E-state index contributed by atoms with van der Waals surface area (Å²) < 4.78 is 1.70. The number of aromatic nitrogens is 1. The molecule has 32 heavy (non-hydrogen) atoms. The molecule has 0 atom stereocenters. The SMILES string of the molecule is Cc1ccn(C2CCNCC2)c(=O)c1C(=O)Nc1ccc(C(=O)NC2CCCCC2)cc1. The van der Waals surface area contributed by atoms with Gasteiger partial charge in [0.1, 0.15) is 5.56 Å². The Balaban J connectivity index is 1.44. The molecular weight excluding hydrogens is 404 g/mol. The Bertz CT molecular complexity index is 1020. The third kappa shape index (κ3) is 5.10. The highest BCUT2D eigenvalue weighted by molar-refractivity contribution is 6.05. The highest BCUT2D eigenvalue weighted by Gasteiger charge is 2.22. The number of aryl methyl sites for hydroxylation is 1. The molecule has 170 valence electrons. The highest BCUT2D eigenvalue weighted by atomic mass is 16.2. The van der Waals surface area contributed by atoms with Gasteiger partial charge in [0.05, 0.1) is 0 Å². The minimum Gasteiger partial charge on any atom is -0.349 e. The van der Waals surface area contributed by atoms with E-state index in [0.29, 0.717) is 16.8 Å². The number of carbonyl (C=O) groups is 2. The summed E-state index contributed by atoms with van der Waals surface area (Å²) in [6.45, 7) is 3.52. The normalized spacial score (nSPS) is 17.7. The third-order valence-electron chi connectivity index (χ3n) is 6.60. The lowest BCUT2D eigenvalue weighted by atomic mass is 9.95. The van der Waals surface area contributed by atoms with Gasteiger partial charge >= 0.3 is 0 Å². The van der Waals surface area contributed by atoms with Crippen molar-refractivity contribution in [3.05, 3.63) is 63.6 Å². The highest BCUT2D eigenvalue weighted by Crippen LogP contribution is 2.19. The summed E-state index contributed by atoms with van der Waals surface area (Å²) in [7, 11) is 0. The molecule has 0 unspecified atom stereocenters. The van der Waals surface area contributed by atoms with Gasteiger partial charge in [0.25, 0.3) is 17.4 Å². The molecule has 1 aliphatic carbocycles. The summed E-state index contributed by atoms with van der Waals surface area (Å²) in [5.41, 5.74) is 1.70. The predicted octanol–water partition coefficient (Wildman–Crippen LogP) is 3.40. The van der Waals surface area contributed by atoms with Crippen LogP contribution in [0.1, 0.15) is 77.3 Å². The molecule has 2 aliphatic rings. The summed E-state index contributed by atoms with van der Waals surface area (Å²) in [6, 6.07) is 9.01. The van der Waals surface area contributed by atoms with Crippen molar-refractivity contribution >= 4 is 17.5 Å². The average Bonchev–Trinajstić information content (AvgIpc) is 2.81. The summed E-state index contributed by atoms with van der Waals surface area (Å²) in [5.74, 6) is -0.506. The van der Waals surface area contributed by atoms with Crippen LogP contribution in [0.2, 0.25) is 0 Å². The molecule has 7 heteroatoms. The topological polar surface area (TPSA) is 92.2 Å². The second-order valence-corrected chi connectivity index (χ2v) is 8.91. The molecule has 0 bridgehead atoms. The molecule has 4 rings (SSSR count). The summed E-state index contributed by atoms with van der Waals surface area (Å²) in [4.78, 5) is 38.5. The molecule has 2 aromatic rings. The predicted molar refractivity (Wildman–Crippen MR) is 125 cm³/mol. The van der Waals surface area contributed by atoms with Crippen molar-refractivity contribution in [3.8, 4) is 0 Å². The van der Waals surface area contributed by atoms with Crippen LogP contribution >= 0.6 is 0 Å². The van der Waals surface area contributed by atoms with Crippen LogP contribution in [-0.4, -0.2) is 35.5 Å². The molecule has 3 N–H and O–H groups in total. The molecule has 2 heterocycles. The minimum atomic E-state index is -0.421. The molecule has 1 saturated heterocycles.